The monoisotopic (exact) mass is 467 g/mol. The number of carboxylic acid groups (broad SMARTS) is 1. The molecule has 0 aliphatic heterocycles. The van der Waals surface area contributed by atoms with Gasteiger partial charge in [0.05, 0.1) is 22.4 Å². The van der Waals surface area contributed by atoms with E-state index >= 15 is 0 Å². The summed E-state index contributed by atoms with van der Waals surface area (Å²) in [5.41, 5.74) is 2.78. The maximum Gasteiger partial charge on any atom is 0.360 e. The Hall–Kier alpha value is -4.92. The Kier molecular flexibility index (Phi) is 5.50. The number of benzene rings is 3. The quantitative estimate of drug-likeness (QED) is 0.308. The van der Waals surface area contributed by atoms with E-state index < -0.39 is 17.2 Å². The zero-order valence-corrected chi connectivity index (χ0v) is 18.7. The van der Waals surface area contributed by atoms with E-state index in [1.165, 1.54) is 0 Å². The smallest absolute Gasteiger partial charge is 0.360 e. The van der Waals surface area contributed by atoms with Gasteiger partial charge < -0.3 is 25.3 Å². The van der Waals surface area contributed by atoms with Gasteiger partial charge in [-0.1, -0.05) is 36.4 Å². The molecule has 2 aromatic heterocycles. The van der Waals surface area contributed by atoms with Crippen molar-refractivity contribution in [2.24, 2.45) is 0 Å². The van der Waals surface area contributed by atoms with Crippen molar-refractivity contribution in [3.63, 3.8) is 0 Å². The van der Waals surface area contributed by atoms with Crippen LogP contribution in [0.15, 0.2) is 77.9 Å². The molecule has 0 aliphatic rings. The van der Waals surface area contributed by atoms with Gasteiger partial charge in [0.2, 0.25) is 5.69 Å². The van der Waals surface area contributed by atoms with E-state index in [0.717, 1.165) is 33.3 Å². The molecule has 3 aromatic carbocycles. The summed E-state index contributed by atoms with van der Waals surface area (Å²) in [6.07, 6.45) is 3.72. The van der Waals surface area contributed by atoms with Crippen LogP contribution in [0.2, 0.25) is 0 Å². The summed E-state index contributed by atoms with van der Waals surface area (Å²) in [5.74, 6) is -1.38. The number of nitrogens with zero attached hydrogens (tertiary/aromatic N) is 2. The van der Waals surface area contributed by atoms with E-state index in [9.17, 15) is 19.5 Å². The first-order chi connectivity index (χ1) is 16.9. The lowest BCUT2D eigenvalue weighted by molar-refractivity contribution is 0.0689. The van der Waals surface area contributed by atoms with Gasteiger partial charge in [0.15, 0.2) is 0 Å². The van der Waals surface area contributed by atoms with Crippen LogP contribution in [-0.2, 0) is 6.54 Å². The van der Waals surface area contributed by atoms with Gasteiger partial charge in [-0.25, -0.2) is 14.6 Å². The molecule has 0 radical (unpaired) electrons. The highest BCUT2D eigenvalue weighted by atomic mass is 16.4. The van der Waals surface area contributed by atoms with Crippen LogP contribution >= 0.6 is 0 Å². The van der Waals surface area contributed by atoms with E-state index in [0.29, 0.717) is 17.6 Å². The van der Waals surface area contributed by atoms with E-state index in [-0.39, 0.29) is 6.03 Å². The molecule has 5 aromatic rings. The second-order valence-corrected chi connectivity index (χ2v) is 8.14. The van der Waals surface area contributed by atoms with E-state index in [1.54, 1.807) is 12.1 Å². The standard InChI is InChI=1S/C26H21N5O4/c1-15-11-20-21(28-23(25(33)34)24(32)29-20)12-22(15)31-10-9-16(14-31)13-27-26(35)30-19-8-4-6-17-5-2-3-7-18(17)19/h2-12,14H,13H2,1H3,(H,29,32)(H,33,34)(H2,27,30,35). The molecule has 9 nitrogen and oxygen atoms in total. The van der Waals surface area contributed by atoms with Gasteiger partial charge in [0.1, 0.15) is 0 Å². The molecule has 35 heavy (non-hydrogen) atoms. The number of amides is 2. The Balaban J connectivity index is 1.33. The van der Waals surface area contributed by atoms with Gasteiger partial charge in [0, 0.05) is 24.3 Å². The van der Waals surface area contributed by atoms with Gasteiger partial charge in [-0.2, -0.15) is 0 Å². The van der Waals surface area contributed by atoms with Crippen LogP contribution in [0.25, 0.3) is 27.5 Å². The van der Waals surface area contributed by atoms with Crippen molar-refractivity contribution in [1.29, 1.82) is 0 Å². The van der Waals surface area contributed by atoms with Crippen LogP contribution in [0.3, 0.4) is 0 Å². The van der Waals surface area contributed by atoms with Crippen LogP contribution in [-0.4, -0.2) is 31.6 Å². The number of nitrogens with one attached hydrogen (secondary N) is 3. The number of carbonyl (C=O) groups excluding carboxylic acids is 1. The summed E-state index contributed by atoms with van der Waals surface area (Å²) in [4.78, 5) is 42.3. The third kappa shape index (κ3) is 4.34. The third-order valence-electron chi connectivity index (χ3n) is 5.74. The SMILES string of the molecule is Cc1cc2[nH]c(=O)c(C(=O)O)nc2cc1-n1ccc(CNC(=O)Nc2cccc3ccccc23)c1. The normalized spacial score (nSPS) is 11.0. The minimum absolute atomic E-state index is 0.310. The second kappa shape index (κ2) is 8.79. The molecule has 0 bridgehead atoms. The van der Waals surface area contributed by atoms with Gasteiger partial charge in [-0.15, -0.1) is 0 Å². The molecule has 2 heterocycles. The summed E-state index contributed by atoms with van der Waals surface area (Å²) in [7, 11) is 0. The minimum Gasteiger partial charge on any atom is -0.476 e. The average molecular weight is 467 g/mol. The molecule has 0 aliphatic carbocycles. The predicted octanol–water partition coefficient (Wildman–Crippen LogP) is 4.20. The average Bonchev–Trinajstić information content (AvgIpc) is 3.31. The molecule has 0 spiro atoms. The van der Waals surface area contributed by atoms with E-state index in [4.69, 9.17) is 0 Å². The van der Waals surface area contributed by atoms with Crippen molar-refractivity contribution in [2.75, 3.05) is 5.32 Å². The van der Waals surface area contributed by atoms with Crippen LogP contribution in [0.5, 0.6) is 0 Å². The Morgan fingerprint density at radius 1 is 1.09 bits per heavy atom. The maximum absolute atomic E-state index is 12.5. The lowest BCUT2D eigenvalue weighted by atomic mass is 10.1. The summed E-state index contributed by atoms with van der Waals surface area (Å²) < 4.78 is 1.86. The number of aromatic amines is 1. The molecule has 0 fully saturated rings. The largest absolute Gasteiger partial charge is 0.476 e. The molecule has 9 heteroatoms. The third-order valence-corrected chi connectivity index (χ3v) is 5.74. The topological polar surface area (TPSA) is 129 Å². The van der Waals surface area contributed by atoms with Gasteiger partial charge in [-0.05, 0) is 47.7 Å². The number of hydrogen-bond acceptors (Lipinski definition) is 4. The van der Waals surface area contributed by atoms with Gasteiger partial charge >= 0.3 is 12.0 Å². The number of rotatable bonds is 5. The summed E-state index contributed by atoms with van der Waals surface area (Å²) >= 11 is 0. The lowest BCUT2D eigenvalue weighted by Gasteiger charge is -2.10. The number of anilines is 1. The Morgan fingerprint density at radius 2 is 1.89 bits per heavy atom. The molecule has 5 rings (SSSR count). The van der Waals surface area contributed by atoms with Gasteiger partial charge in [0.25, 0.3) is 5.56 Å². The molecule has 0 saturated heterocycles. The molecule has 4 N–H and O–H groups in total. The van der Waals surface area contributed by atoms with E-state index in [1.807, 2.05) is 72.4 Å². The zero-order chi connectivity index (χ0) is 24.5. The highest BCUT2D eigenvalue weighted by Crippen LogP contribution is 2.23. The number of urea groups is 1. The van der Waals surface area contributed by atoms with Crippen molar-refractivity contribution in [2.45, 2.75) is 13.5 Å². The maximum atomic E-state index is 12.5. The number of fused-ring (bicyclic) bond motifs is 2. The number of aromatic nitrogens is 3. The lowest BCUT2D eigenvalue weighted by Crippen LogP contribution is -2.28. The van der Waals surface area contributed by atoms with Crippen molar-refractivity contribution in [1.82, 2.24) is 19.9 Å². The summed E-state index contributed by atoms with van der Waals surface area (Å²) in [5, 5.41) is 17.0. The molecular formula is C26H21N5O4. The van der Waals surface area contributed by atoms with Crippen LogP contribution in [0, 0.1) is 6.92 Å². The van der Waals surface area contributed by atoms with Crippen LogP contribution < -0.4 is 16.2 Å². The summed E-state index contributed by atoms with van der Waals surface area (Å²) in [6.45, 7) is 2.19. The molecular weight excluding hydrogens is 446 g/mol. The Labute approximate surface area is 199 Å². The van der Waals surface area contributed by atoms with Gasteiger partial charge in [-0.3, -0.25) is 4.79 Å². The van der Waals surface area contributed by atoms with E-state index in [2.05, 4.69) is 20.6 Å². The first kappa shape index (κ1) is 21.9. The highest BCUT2D eigenvalue weighted by molar-refractivity contribution is 6.01. The van der Waals surface area contributed by atoms with Crippen molar-refractivity contribution in [3.05, 3.63) is 100 Å². The molecule has 174 valence electrons. The predicted molar refractivity (Wildman–Crippen MR) is 133 cm³/mol. The van der Waals surface area contributed by atoms with Crippen molar-refractivity contribution < 1.29 is 14.7 Å². The zero-order valence-electron chi connectivity index (χ0n) is 18.7. The van der Waals surface area contributed by atoms with Crippen molar-refractivity contribution in [3.8, 4) is 5.69 Å². The number of aromatic carboxylic acids is 1. The number of aryl methyl sites for hydroxylation is 1. The Morgan fingerprint density at radius 3 is 2.71 bits per heavy atom. The number of carbonyl (C=O) groups is 2. The highest BCUT2D eigenvalue weighted by Gasteiger charge is 2.14. The molecule has 0 atom stereocenters. The minimum atomic E-state index is -1.38. The van der Waals surface area contributed by atoms with Crippen molar-refractivity contribution >= 4 is 39.5 Å². The molecule has 0 unspecified atom stereocenters. The first-order valence-electron chi connectivity index (χ1n) is 10.9. The van der Waals surface area contributed by atoms with Crippen LogP contribution in [0.4, 0.5) is 10.5 Å². The number of H-pyrrole nitrogens is 1. The molecule has 2 amide bonds. The molecule has 0 saturated carbocycles. The fourth-order valence-electron chi connectivity index (χ4n) is 4.03. The fraction of sp³-hybridized carbons (Fsp3) is 0.0769. The summed E-state index contributed by atoms with van der Waals surface area (Å²) in [6, 6.07) is 18.6. The van der Waals surface area contributed by atoms with Crippen LogP contribution in [0.1, 0.15) is 21.6 Å². The number of hydrogen-bond donors (Lipinski definition) is 4. The first-order valence-corrected chi connectivity index (χ1v) is 10.9. The fourth-order valence-corrected chi connectivity index (χ4v) is 4.03. The Bertz CT molecular complexity index is 1660. The number of carboxylic acids is 1. The second-order valence-electron chi connectivity index (χ2n) is 8.14.